The molecule has 0 rings (SSSR count). The molecule has 226 valence electrons. The maximum Gasteiger partial charge on any atom is 2.00 e. The standard InChI is InChI=1S/C30H60O7.Ca.2H/c1-29(2)17-15-13-11-9-7-5-4-6-8-10-12-14-16-18-32-19-20-33-21-22-34-23-24-35-25-26-36-27-28-37-30(3)31;;;/h29H,4-28H2,1-3H3;;;/q;+2;2*-1. The van der Waals surface area contributed by atoms with Crippen LogP contribution in [0.2, 0.25) is 0 Å². The molecule has 0 fully saturated rings. The van der Waals surface area contributed by atoms with Crippen molar-refractivity contribution in [2.75, 3.05) is 72.7 Å². The molecule has 0 aromatic heterocycles. The van der Waals surface area contributed by atoms with Crippen molar-refractivity contribution in [3.63, 3.8) is 0 Å². The molecule has 0 heterocycles. The summed E-state index contributed by atoms with van der Waals surface area (Å²) >= 11 is 0. The van der Waals surface area contributed by atoms with Gasteiger partial charge in [0.2, 0.25) is 0 Å². The third kappa shape index (κ3) is 38.7. The predicted molar refractivity (Wildman–Crippen MR) is 158 cm³/mol. The zero-order valence-corrected chi connectivity index (χ0v) is 27.5. The monoisotopic (exact) mass is 574 g/mol. The molecule has 0 bridgehead atoms. The Balaban J connectivity index is -0.00000216. The Bertz CT molecular complexity index is 464. The average molecular weight is 575 g/mol. The summed E-state index contributed by atoms with van der Waals surface area (Å²) in [6.45, 7) is 12.0. The summed E-state index contributed by atoms with van der Waals surface area (Å²) in [5.41, 5.74) is 0. The van der Waals surface area contributed by atoms with Gasteiger partial charge in [-0.2, -0.15) is 0 Å². The molecule has 0 aromatic carbocycles. The topological polar surface area (TPSA) is 72.5 Å². The minimum atomic E-state index is -0.293. The summed E-state index contributed by atoms with van der Waals surface area (Å²) in [4.78, 5) is 10.6. The number of unbranched alkanes of at least 4 members (excludes halogenated alkanes) is 12. The van der Waals surface area contributed by atoms with E-state index in [1.54, 1.807) is 0 Å². The van der Waals surface area contributed by atoms with Crippen molar-refractivity contribution in [2.45, 2.75) is 111 Å². The van der Waals surface area contributed by atoms with Gasteiger partial charge in [-0.05, 0) is 12.3 Å². The molecule has 0 aliphatic rings. The number of rotatable bonds is 31. The van der Waals surface area contributed by atoms with Crippen LogP contribution in [-0.4, -0.2) is 116 Å². The van der Waals surface area contributed by atoms with Gasteiger partial charge in [0, 0.05) is 13.5 Å². The molecule has 0 saturated carbocycles. The number of hydrogen-bond acceptors (Lipinski definition) is 7. The van der Waals surface area contributed by atoms with E-state index in [9.17, 15) is 4.79 Å². The molecule has 0 radical (unpaired) electrons. The third-order valence-corrected chi connectivity index (χ3v) is 6.09. The van der Waals surface area contributed by atoms with E-state index in [1.807, 2.05) is 0 Å². The van der Waals surface area contributed by atoms with E-state index >= 15 is 0 Å². The molecule has 0 aliphatic heterocycles. The van der Waals surface area contributed by atoms with Gasteiger partial charge in [0.05, 0.1) is 59.5 Å². The van der Waals surface area contributed by atoms with Crippen LogP contribution in [0, 0.1) is 5.92 Å². The molecule has 0 aromatic rings. The number of carbonyl (C=O) groups is 1. The van der Waals surface area contributed by atoms with Crippen LogP contribution in [0.25, 0.3) is 0 Å². The normalized spacial score (nSPS) is 11.2. The molecule has 0 amide bonds. The zero-order valence-electron chi connectivity index (χ0n) is 27.3. The van der Waals surface area contributed by atoms with Gasteiger partial charge in [0.25, 0.3) is 0 Å². The summed E-state index contributed by atoms with van der Waals surface area (Å²) < 4.78 is 32.1. The molecule has 0 spiro atoms. The van der Waals surface area contributed by atoms with Gasteiger partial charge in [-0.25, -0.2) is 0 Å². The Morgan fingerprint density at radius 3 is 1.11 bits per heavy atom. The van der Waals surface area contributed by atoms with Crippen molar-refractivity contribution < 1.29 is 36.1 Å². The second kappa shape index (κ2) is 35.6. The Morgan fingerprint density at radius 1 is 0.474 bits per heavy atom. The average Bonchev–Trinajstić information content (AvgIpc) is 2.87. The number of ether oxygens (including phenoxy) is 6. The fourth-order valence-electron chi connectivity index (χ4n) is 3.93. The quantitative estimate of drug-likeness (QED) is 0.0525. The molecule has 7 nitrogen and oxygen atoms in total. The fourth-order valence-corrected chi connectivity index (χ4v) is 3.93. The maximum atomic E-state index is 10.6. The van der Waals surface area contributed by atoms with Crippen LogP contribution in [0.1, 0.15) is 114 Å². The van der Waals surface area contributed by atoms with Crippen LogP contribution in [0.15, 0.2) is 0 Å². The Labute approximate surface area is 267 Å². The van der Waals surface area contributed by atoms with Gasteiger partial charge in [-0.3, -0.25) is 4.79 Å². The zero-order chi connectivity index (χ0) is 27.1. The van der Waals surface area contributed by atoms with Crippen LogP contribution >= 0.6 is 0 Å². The van der Waals surface area contributed by atoms with Gasteiger partial charge >= 0.3 is 43.7 Å². The van der Waals surface area contributed by atoms with Crippen molar-refractivity contribution in [1.29, 1.82) is 0 Å². The summed E-state index contributed by atoms with van der Waals surface area (Å²) in [6, 6.07) is 0. The van der Waals surface area contributed by atoms with Crippen molar-refractivity contribution in [3.8, 4) is 0 Å². The van der Waals surface area contributed by atoms with Crippen molar-refractivity contribution in [2.24, 2.45) is 5.92 Å². The number of hydrogen-bond donors (Lipinski definition) is 0. The molecule has 0 atom stereocenters. The molecule has 0 aliphatic carbocycles. The summed E-state index contributed by atoms with van der Waals surface area (Å²) in [5.74, 6) is 0.576. The summed E-state index contributed by atoms with van der Waals surface area (Å²) in [7, 11) is 0. The maximum absolute atomic E-state index is 10.6. The van der Waals surface area contributed by atoms with Gasteiger partial charge in [0.15, 0.2) is 0 Å². The van der Waals surface area contributed by atoms with Crippen LogP contribution in [-0.2, 0) is 33.2 Å². The van der Waals surface area contributed by atoms with E-state index in [4.69, 9.17) is 28.4 Å². The first-order chi connectivity index (χ1) is 18.1. The van der Waals surface area contributed by atoms with Crippen molar-refractivity contribution >= 4 is 43.7 Å². The van der Waals surface area contributed by atoms with Crippen molar-refractivity contribution in [3.05, 3.63) is 0 Å². The molecule has 8 heteroatoms. The van der Waals surface area contributed by atoms with E-state index < -0.39 is 0 Å². The van der Waals surface area contributed by atoms with E-state index in [1.165, 1.54) is 90.4 Å². The van der Waals surface area contributed by atoms with Gasteiger partial charge in [-0.15, -0.1) is 0 Å². The summed E-state index contributed by atoms with van der Waals surface area (Å²) in [5, 5.41) is 0. The van der Waals surface area contributed by atoms with E-state index in [0.29, 0.717) is 59.5 Å². The second-order valence-electron chi connectivity index (χ2n) is 10.2. The minimum absolute atomic E-state index is 0. The summed E-state index contributed by atoms with van der Waals surface area (Å²) in [6.07, 6.45) is 19.3. The third-order valence-electron chi connectivity index (χ3n) is 6.09. The van der Waals surface area contributed by atoms with Crippen LogP contribution in [0.3, 0.4) is 0 Å². The van der Waals surface area contributed by atoms with E-state index in [0.717, 1.165) is 18.9 Å². The molecule has 38 heavy (non-hydrogen) atoms. The molecular weight excluding hydrogens is 512 g/mol. The second-order valence-corrected chi connectivity index (χ2v) is 10.2. The minimum Gasteiger partial charge on any atom is -1.00 e. The Morgan fingerprint density at radius 2 is 0.763 bits per heavy atom. The molecular formula is C30H62CaO7. The number of esters is 1. The van der Waals surface area contributed by atoms with Crippen LogP contribution in [0.5, 0.6) is 0 Å². The van der Waals surface area contributed by atoms with Gasteiger partial charge in [0.1, 0.15) is 6.61 Å². The smallest absolute Gasteiger partial charge is 1.00 e. The fraction of sp³-hybridized carbons (Fsp3) is 0.967. The first kappa shape index (κ1) is 40.7. The van der Waals surface area contributed by atoms with Crippen LogP contribution < -0.4 is 0 Å². The molecule has 0 saturated heterocycles. The predicted octanol–water partition coefficient (Wildman–Crippen LogP) is 6.59. The molecule has 0 unspecified atom stereocenters. The van der Waals surface area contributed by atoms with Crippen LogP contribution in [0.4, 0.5) is 0 Å². The first-order valence-corrected chi connectivity index (χ1v) is 15.1. The van der Waals surface area contributed by atoms with Gasteiger partial charge in [-0.1, -0.05) is 97.3 Å². The van der Waals surface area contributed by atoms with E-state index in [-0.39, 0.29) is 53.2 Å². The van der Waals surface area contributed by atoms with Crippen molar-refractivity contribution in [1.82, 2.24) is 0 Å². The van der Waals surface area contributed by atoms with E-state index in [2.05, 4.69) is 13.8 Å². The Kier molecular flexibility index (Phi) is 38.1. The number of carbonyl (C=O) groups excluding carboxylic acids is 1. The largest absolute Gasteiger partial charge is 2.00 e. The Hall–Kier alpha value is 0.530. The van der Waals surface area contributed by atoms with Gasteiger partial charge < -0.3 is 31.3 Å². The SMILES string of the molecule is CC(=O)OCCOCCOCCOCCOCCOCCCCCCCCCCCCCCCC(C)C.[Ca+2].[H-].[H-]. The molecule has 0 N–H and O–H groups in total. The first-order valence-electron chi connectivity index (χ1n) is 15.1.